The highest BCUT2D eigenvalue weighted by molar-refractivity contribution is 7.99. The quantitative estimate of drug-likeness (QED) is 0.847. The van der Waals surface area contributed by atoms with Gasteiger partial charge in [0.05, 0.1) is 11.2 Å². The number of piperidine rings is 1. The van der Waals surface area contributed by atoms with Crippen LogP contribution in [0.1, 0.15) is 31.6 Å². The lowest BCUT2D eigenvalue weighted by Crippen LogP contribution is -2.42. The van der Waals surface area contributed by atoms with Crippen molar-refractivity contribution in [3.63, 3.8) is 0 Å². The van der Waals surface area contributed by atoms with Crippen molar-refractivity contribution in [2.45, 2.75) is 30.9 Å². The minimum atomic E-state index is -0.334. The summed E-state index contributed by atoms with van der Waals surface area (Å²) in [6, 6.07) is 6.12. The smallest absolute Gasteiger partial charge is 0.235 e. The molecule has 1 aromatic heterocycles. The first-order valence-corrected chi connectivity index (χ1v) is 9.28. The Hall–Kier alpha value is -1.89. The summed E-state index contributed by atoms with van der Waals surface area (Å²) in [5.41, 5.74) is 0.588. The fourth-order valence-corrected chi connectivity index (χ4v) is 3.23. The molecule has 2 heterocycles. The monoisotopic (exact) mass is 349 g/mol. The molecular weight excluding hydrogens is 329 g/mol. The van der Waals surface area contributed by atoms with Crippen LogP contribution in [0.4, 0.5) is 4.39 Å². The zero-order valence-corrected chi connectivity index (χ0v) is 14.6. The van der Waals surface area contributed by atoms with Gasteiger partial charge in [0.2, 0.25) is 17.6 Å². The molecule has 0 spiro atoms. The second-order valence-corrected chi connectivity index (χ2v) is 7.15. The van der Waals surface area contributed by atoms with Crippen LogP contribution in [0.25, 0.3) is 11.4 Å². The summed E-state index contributed by atoms with van der Waals surface area (Å²) in [6.07, 6.45) is 3.75. The largest absolute Gasteiger partial charge is 0.341 e. The van der Waals surface area contributed by atoms with Crippen molar-refractivity contribution in [3.05, 3.63) is 36.0 Å². The number of benzene rings is 1. The third-order valence-electron chi connectivity index (χ3n) is 4.31. The summed E-state index contributed by atoms with van der Waals surface area (Å²) in [4.78, 5) is 18.7. The van der Waals surface area contributed by atoms with Crippen LogP contribution in [0.3, 0.4) is 0 Å². The Morgan fingerprint density at radius 2 is 2.33 bits per heavy atom. The topological polar surface area (TPSA) is 59.2 Å². The van der Waals surface area contributed by atoms with Gasteiger partial charge in [-0.3, -0.25) is 4.79 Å². The van der Waals surface area contributed by atoms with E-state index in [1.165, 1.54) is 12.1 Å². The average molecular weight is 349 g/mol. The summed E-state index contributed by atoms with van der Waals surface area (Å²) in [6.45, 7) is 3.28. The van der Waals surface area contributed by atoms with E-state index in [-0.39, 0.29) is 22.9 Å². The standard InChI is InChI=1S/C17H20FN3O2S/c1-11(24-2)17(22)21-8-4-6-13(10-21)16-19-15(20-23-16)12-5-3-7-14(18)9-12/h3,5,7,9,11,13H,4,6,8,10H2,1-2H3/t11-,13+/m0/s1. The van der Waals surface area contributed by atoms with E-state index in [2.05, 4.69) is 10.1 Å². The SMILES string of the molecule is CS[C@@H](C)C(=O)N1CCC[C@@H](c2nc(-c3cccc(F)c3)no2)C1. The predicted molar refractivity (Wildman–Crippen MR) is 91.2 cm³/mol. The Morgan fingerprint density at radius 3 is 3.08 bits per heavy atom. The van der Waals surface area contributed by atoms with E-state index < -0.39 is 0 Å². The lowest BCUT2D eigenvalue weighted by molar-refractivity contribution is -0.131. The van der Waals surface area contributed by atoms with Crippen molar-refractivity contribution in [1.29, 1.82) is 0 Å². The Balaban J connectivity index is 1.74. The summed E-state index contributed by atoms with van der Waals surface area (Å²) in [5.74, 6) is 0.747. The number of likely N-dealkylation sites (tertiary alicyclic amines) is 1. The van der Waals surface area contributed by atoms with Crippen LogP contribution >= 0.6 is 11.8 Å². The molecule has 0 aliphatic carbocycles. The first-order valence-electron chi connectivity index (χ1n) is 7.99. The number of nitrogens with zero attached hydrogens (tertiary/aromatic N) is 3. The number of thioether (sulfide) groups is 1. The molecule has 0 radical (unpaired) electrons. The molecule has 1 fully saturated rings. The number of hydrogen-bond acceptors (Lipinski definition) is 5. The third-order valence-corrected chi connectivity index (χ3v) is 5.22. The molecule has 24 heavy (non-hydrogen) atoms. The maximum atomic E-state index is 13.3. The van der Waals surface area contributed by atoms with E-state index in [0.717, 1.165) is 19.4 Å². The molecule has 7 heteroatoms. The van der Waals surface area contributed by atoms with Crippen molar-refractivity contribution < 1.29 is 13.7 Å². The highest BCUT2D eigenvalue weighted by Crippen LogP contribution is 2.28. The predicted octanol–water partition coefficient (Wildman–Crippen LogP) is 3.33. The molecule has 1 aliphatic heterocycles. The fraction of sp³-hybridized carbons (Fsp3) is 0.471. The Kier molecular flexibility index (Phi) is 5.18. The van der Waals surface area contributed by atoms with Crippen molar-refractivity contribution >= 4 is 17.7 Å². The summed E-state index contributed by atoms with van der Waals surface area (Å²) in [7, 11) is 0. The van der Waals surface area contributed by atoms with Crippen LogP contribution in [0.2, 0.25) is 0 Å². The molecular formula is C17H20FN3O2S. The molecule has 1 aliphatic rings. The average Bonchev–Trinajstić information content (AvgIpc) is 3.11. The molecule has 0 N–H and O–H groups in total. The second-order valence-electron chi connectivity index (χ2n) is 5.97. The molecule has 0 saturated carbocycles. The highest BCUT2D eigenvalue weighted by atomic mass is 32.2. The number of amides is 1. The Morgan fingerprint density at radius 1 is 1.50 bits per heavy atom. The zero-order valence-electron chi connectivity index (χ0n) is 13.7. The molecule has 0 unspecified atom stereocenters. The van der Waals surface area contributed by atoms with Gasteiger partial charge in [-0.25, -0.2) is 4.39 Å². The van der Waals surface area contributed by atoms with Gasteiger partial charge < -0.3 is 9.42 Å². The van der Waals surface area contributed by atoms with Gasteiger partial charge in [-0.1, -0.05) is 17.3 Å². The maximum absolute atomic E-state index is 13.3. The van der Waals surface area contributed by atoms with Crippen LogP contribution in [-0.2, 0) is 4.79 Å². The molecule has 5 nitrogen and oxygen atoms in total. The lowest BCUT2D eigenvalue weighted by atomic mass is 9.97. The highest BCUT2D eigenvalue weighted by Gasteiger charge is 2.30. The van der Waals surface area contributed by atoms with Crippen LogP contribution in [0.5, 0.6) is 0 Å². The van der Waals surface area contributed by atoms with E-state index in [1.807, 2.05) is 18.1 Å². The zero-order chi connectivity index (χ0) is 17.1. The fourth-order valence-electron chi connectivity index (χ4n) is 2.88. The Bertz CT molecular complexity index is 721. The van der Waals surface area contributed by atoms with Gasteiger partial charge >= 0.3 is 0 Å². The van der Waals surface area contributed by atoms with E-state index in [0.29, 0.717) is 23.8 Å². The van der Waals surface area contributed by atoms with Gasteiger partial charge in [0.25, 0.3) is 0 Å². The van der Waals surface area contributed by atoms with Gasteiger partial charge in [-0.2, -0.15) is 16.7 Å². The van der Waals surface area contributed by atoms with Gasteiger partial charge in [0.1, 0.15) is 5.82 Å². The van der Waals surface area contributed by atoms with Gasteiger partial charge in [-0.05, 0) is 38.2 Å². The molecule has 1 aromatic carbocycles. The molecule has 1 amide bonds. The summed E-state index contributed by atoms with van der Waals surface area (Å²) < 4.78 is 18.7. The number of carbonyl (C=O) groups excluding carboxylic acids is 1. The van der Waals surface area contributed by atoms with E-state index in [9.17, 15) is 9.18 Å². The summed E-state index contributed by atoms with van der Waals surface area (Å²) in [5, 5.41) is 3.92. The third kappa shape index (κ3) is 3.61. The van der Waals surface area contributed by atoms with E-state index in [1.54, 1.807) is 23.9 Å². The van der Waals surface area contributed by atoms with Crippen molar-refractivity contribution in [2.75, 3.05) is 19.3 Å². The van der Waals surface area contributed by atoms with E-state index in [4.69, 9.17) is 4.52 Å². The van der Waals surface area contributed by atoms with Gasteiger partial charge in [0.15, 0.2) is 0 Å². The van der Waals surface area contributed by atoms with Crippen LogP contribution in [-0.4, -0.2) is 45.5 Å². The normalized spacial score (nSPS) is 19.3. The minimum absolute atomic E-state index is 0.0339. The number of rotatable bonds is 4. The van der Waals surface area contributed by atoms with Crippen LogP contribution in [0, 0.1) is 5.82 Å². The number of halogens is 1. The number of hydrogen-bond donors (Lipinski definition) is 0. The van der Waals surface area contributed by atoms with Crippen molar-refractivity contribution in [2.24, 2.45) is 0 Å². The van der Waals surface area contributed by atoms with Crippen molar-refractivity contribution in [1.82, 2.24) is 15.0 Å². The molecule has 2 atom stereocenters. The second kappa shape index (κ2) is 7.34. The first-order chi connectivity index (χ1) is 11.6. The van der Waals surface area contributed by atoms with Gasteiger partial charge in [0, 0.05) is 18.7 Å². The first kappa shape index (κ1) is 17.0. The molecule has 3 rings (SSSR count). The maximum Gasteiger partial charge on any atom is 0.235 e. The Labute approximate surface area is 144 Å². The van der Waals surface area contributed by atoms with Crippen LogP contribution in [0.15, 0.2) is 28.8 Å². The van der Waals surface area contributed by atoms with Gasteiger partial charge in [-0.15, -0.1) is 0 Å². The summed E-state index contributed by atoms with van der Waals surface area (Å²) >= 11 is 1.55. The minimum Gasteiger partial charge on any atom is -0.341 e. The molecule has 128 valence electrons. The molecule has 1 saturated heterocycles. The molecule has 0 bridgehead atoms. The molecule has 2 aromatic rings. The van der Waals surface area contributed by atoms with E-state index >= 15 is 0 Å². The number of carbonyl (C=O) groups is 1. The van der Waals surface area contributed by atoms with Crippen molar-refractivity contribution in [3.8, 4) is 11.4 Å². The lowest BCUT2D eigenvalue weighted by Gasteiger charge is -2.32. The van der Waals surface area contributed by atoms with Crippen LogP contribution < -0.4 is 0 Å². The number of aromatic nitrogens is 2.